The van der Waals surface area contributed by atoms with Crippen LogP contribution in [0.4, 0.5) is 5.69 Å². The van der Waals surface area contributed by atoms with E-state index in [1.807, 2.05) is 78.9 Å². The molecule has 2 spiro atoms. The van der Waals surface area contributed by atoms with Crippen LogP contribution < -0.4 is 5.32 Å². The second-order valence-electron chi connectivity index (χ2n) is 7.72. The molecule has 3 atom stereocenters. The molecule has 1 N–H and O–H groups in total. The largest absolute Gasteiger partial charge is 0.325 e. The molecule has 2 aliphatic heterocycles. The SMILES string of the molecule is O=C1Nc2ccccc2[C@]12[C@H](c1ccc(Br)cc1)[C@]21SC(c2ccccc2)=NC1=O. The van der Waals surface area contributed by atoms with E-state index in [2.05, 4.69) is 26.2 Å². The number of nitrogens with zero attached hydrogens (tertiary/aromatic N) is 1. The highest BCUT2D eigenvalue weighted by atomic mass is 79.9. The van der Waals surface area contributed by atoms with Gasteiger partial charge in [0.05, 0.1) is 0 Å². The fourth-order valence-corrected chi connectivity index (χ4v) is 6.99. The van der Waals surface area contributed by atoms with Gasteiger partial charge in [-0.25, -0.2) is 4.99 Å². The lowest BCUT2D eigenvalue weighted by molar-refractivity contribution is -0.122. The Bertz CT molecular complexity index is 1260. The number of hydrogen-bond donors (Lipinski definition) is 1. The Morgan fingerprint density at radius 1 is 0.900 bits per heavy atom. The Labute approximate surface area is 185 Å². The normalized spacial score (nSPS) is 28.6. The second-order valence-corrected chi connectivity index (χ2v) is 9.87. The van der Waals surface area contributed by atoms with Crippen molar-refractivity contribution >= 4 is 50.2 Å². The van der Waals surface area contributed by atoms with Crippen molar-refractivity contribution in [2.24, 2.45) is 4.99 Å². The first kappa shape index (κ1) is 18.1. The molecule has 146 valence electrons. The van der Waals surface area contributed by atoms with Crippen molar-refractivity contribution in [3.63, 3.8) is 0 Å². The molecule has 1 saturated carbocycles. The van der Waals surface area contributed by atoms with Crippen molar-refractivity contribution in [3.05, 3.63) is 100 Å². The molecule has 6 heteroatoms. The summed E-state index contributed by atoms with van der Waals surface area (Å²) in [7, 11) is 0. The molecule has 4 nitrogen and oxygen atoms in total. The number of halogens is 1. The monoisotopic (exact) mass is 474 g/mol. The van der Waals surface area contributed by atoms with E-state index in [1.54, 1.807) is 0 Å². The first-order valence-electron chi connectivity index (χ1n) is 9.63. The number of para-hydroxylation sites is 1. The van der Waals surface area contributed by atoms with E-state index < -0.39 is 10.2 Å². The smallest absolute Gasteiger partial charge is 0.265 e. The van der Waals surface area contributed by atoms with Crippen molar-refractivity contribution in [1.82, 2.24) is 0 Å². The summed E-state index contributed by atoms with van der Waals surface area (Å²) in [6.45, 7) is 0. The summed E-state index contributed by atoms with van der Waals surface area (Å²) in [5.74, 6) is -0.641. The van der Waals surface area contributed by atoms with Crippen LogP contribution in [-0.2, 0) is 15.0 Å². The Hall–Kier alpha value is -2.70. The highest BCUT2D eigenvalue weighted by molar-refractivity contribution is 9.10. The van der Waals surface area contributed by atoms with E-state index in [4.69, 9.17) is 0 Å². The first-order valence-corrected chi connectivity index (χ1v) is 11.2. The Morgan fingerprint density at radius 3 is 2.37 bits per heavy atom. The van der Waals surface area contributed by atoms with E-state index >= 15 is 0 Å². The fraction of sp³-hybridized carbons (Fsp3) is 0.125. The van der Waals surface area contributed by atoms with Crippen LogP contribution >= 0.6 is 27.7 Å². The van der Waals surface area contributed by atoms with Crippen LogP contribution in [0.2, 0.25) is 0 Å². The fourth-order valence-electron chi connectivity index (χ4n) is 5.05. The second kappa shape index (κ2) is 6.15. The molecule has 0 radical (unpaired) electrons. The molecular formula is C24H15BrN2O2S. The molecule has 0 unspecified atom stereocenters. The van der Waals surface area contributed by atoms with Crippen LogP contribution in [0, 0.1) is 0 Å². The highest BCUT2D eigenvalue weighted by Gasteiger charge is 2.88. The van der Waals surface area contributed by atoms with Crippen LogP contribution in [0.3, 0.4) is 0 Å². The third-order valence-electron chi connectivity index (χ3n) is 6.30. The first-order chi connectivity index (χ1) is 14.6. The Kier molecular flexibility index (Phi) is 3.71. The number of carbonyl (C=O) groups excluding carboxylic acids is 2. The number of nitrogens with one attached hydrogen (secondary N) is 1. The standard InChI is InChI=1S/C24H15BrN2O2S/c25-16-12-10-14(11-13-16)19-23(17-8-4-5-9-18(17)26-21(23)28)24(19)22(29)27-20(30-24)15-6-2-1-3-7-15/h1-13,19H,(H,26,28)/t19-,23-,24+/m0/s1. The van der Waals surface area contributed by atoms with Crippen molar-refractivity contribution in [2.75, 3.05) is 5.32 Å². The van der Waals surface area contributed by atoms with Crippen molar-refractivity contribution in [3.8, 4) is 0 Å². The van der Waals surface area contributed by atoms with Gasteiger partial charge in [-0.3, -0.25) is 9.59 Å². The van der Waals surface area contributed by atoms with Gasteiger partial charge in [-0.2, -0.15) is 0 Å². The van der Waals surface area contributed by atoms with Crippen molar-refractivity contribution < 1.29 is 9.59 Å². The van der Waals surface area contributed by atoms with Gasteiger partial charge >= 0.3 is 0 Å². The third-order valence-corrected chi connectivity index (χ3v) is 8.41. The lowest BCUT2D eigenvalue weighted by Crippen LogP contribution is -2.32. The molecule has 2 amide bonds. The highest BCUT2D eigenvalue weighted by Crippen LogP contribution is 2.79. The van der Waals surface area contributed by atoms with Crippen molar-refractivity contribution in [1.29, 1.82) is 0 Å². The van der Waals surface area contributed by atoms with Crippen LogP contribution in [0.5, 0.6) is 0 Å². The topological polar surface area (TPSA) is 58.5 Å². The number of aliphatic imine (C=N–C) groups is 1. The number of carbonyl (C=O) groups is 2. The lowest BCUT2D eigenvalue weighted by Gasteiger charge is -2.12. The van der Waals surface area contributed by atoms with Gasteiger partial charge in [0.25, 0.3) is 5.91 Å². The number of amides is 2. The molecule has 0 saturated heterocycles. The maximum Gasteiger partial charge on any atom is 0.265 e. The minimum atomic E-state index is -0.970. The summed E-state index contributed by atoms with van der Waals surface area (Å²) in [4.78, 5) is 31.4. The maximum atomic E-state index is 13.5. The van der Waals surface area contributed by atoms with Crippen LogP contribution in [-0.4, -0.2) is 21.6 Å². The third kappa shape index (κ3) is 2.10. The van der Waals surface area contributed by atoms with Gasteiger partial charge in [0.1, 0.15) is 15.2 Å². The van der Waals surface area contributed by atoms with E-state index in [9.17, 15) is 9.59 Å². The predicted octanol–water partition coefficient (Wildman–Crippen LogP) is 4.90. The quantitative estimate of drug-likeness (QED) is 0.574. The summed E-state index contributed by atoms with van der Waals surface area (Å²) in [5, 5.41) is 3.70. The lowest BCUT2D eigenvalue weighted by atomic mass is 9.91. The average Bonchev–Trinajstić information content (AvgIpc) is 3.05. The van der Waals surface area contributed by atoms with Gasteiger partial charge in [0.15, 0.2) is 0 Å². The zero-order chi connectivity index (χ0) is 20.5. The Balaban J connectivity index is 1.55. The molecular weight excluding hydrogens is 460 g/mol. The molecule has 2 heterocycles. The van der Waals surface area contributed by atoms with E-state index in [0.29, 0.717) is 5.04 Å². The number of fused-ring (bicyclic) bond motifs is 3. The number of hydrogen-bond acceptors (Lipinski definition) is 3. The minimum Gasteiger partial charge on any atom is -0.325 e. The van der Waals surface area contributed by atoms with Gasteiger partial charge in [-0.05, 0) is 29.3 Å². The average molecular weight is 475 g/mol. The number of benzene rings is 3. The van der Waals surface area contributed by atoms with E-state index in [0.717, 1.165) is 26.9 Å². The van der Waals surface area contributed by atoms with Gasteiger partial charge in [0.2, 0.25) is 5.91 Å². The predicted molar refractivity (Wildman–Crippen MR) is 122 cm³/mol. The molecule has 6 rings (SSSR count). The van der Waals surface area contributed by atoms with Gasteiger partial charge in [-0.15, -0.1) is 0 Å². The molecule has 30 heavy (non-hydrogen) atoms. The molecule has 1 aliphatic carbocycles. The maximum absolute atomic E-state index is 13.5. The molecule has 1 fully saturated rings. The molecule has 3 aromatic carbocycles. The van der Waals surface area contributed by atoms with Crippen molar-refractivity contribution in [2.45, 2.75) is 16.1 Å². The molecule has 0 bridgehead atoms. The summed E-state index contributed by atoms with van der Waals surface area (Å²) in [6.07, 6.45) is 0. The minimum absolute atomic E-state index is 0.123. The van der Waals surface area contributed by atoms with Gasteiger partial charge in [-0.1, -0.05) is 88.4 Å². The summed E-state index contributed by atoms with van der Waals surface area (Å²) >= 11 is 4.92. The van der Waals surface area contributed by atoms with Gasteiger partial charge in [0, 0.05) is 21.6 Å². The zero-order valence-electron chi connectivity index (χ0n) is 15.6. The molecule has 3 aliphatic rings. The number of anilines is 1. The van der Waals surface area contributed by atoms with Crippen LogP contribution in [0.15, 0.2) is 88.3 Å². The van der Waals surface area contributed by atoms with E-state index in [-0.39, 0.29) is 17.7 Å². The van der Waals surface area contributed by atoms with Crippen LogP contribution in [0.1, 0.15) is 22.6 Å². The molecule has 3 aromatic rings. The van der Waals surface area contributed by atoms with Gasteiger partial charge < -0.3 is 5.32 Å². The molecule has 0 aromatic heterocycles. The zero-order valence-corrected chi connectivity index (χ0v) is 18.0. The number of thioether (sulfide) groups is 1. The van der Waals surface area contributed by atoms with E-state index in [1.165, 1.54) is 11.8 Å². The number of rotatable bonds is 2. The summed E-state index contributed by atoms with van der Waals surface area (Å²) in [5.41, 5.74) is 2.57. The van der Waals surface area contributed by atoms with Crippen LogP contribution in [0.25, 0.3) is 0 Å². The summed E-state index contributed by atoms with van der Waals surface area (Å²) < 4.78 is -0.0132. The summed E-state index contributed by atoms with van der Waals surface area (Å²) in [6, 6.07) is 25.3. The Morgan fingerprint density at radius 2 is 1.60 bits per heavy atom.